The summed E-state index contributed by atoms with van der Waals surface area (Å²) in [5.41, 5.74) is -1.22. The maximum atomic E-state index is 13.6. The fourth-order valence-electron chi connectivity index (χ4n) is 2.56. The quantitative estimate of drug-likeness (QED) is 0.235. The van der Waals surface area contributed by atoms with E-state index in [-0.39, 0.29) is 22.2 Å². The number of rotatable bonds is 9. The molecule has 0 radical (unpaired) electrons. The number of alkyl halides is 2. The summed E-state index contributed by atoms with van der Waals surface area (Å²) in [6.45, 7) is 1.56. The number of carbonyl (C=O) groups excluding carboxylic acids is 1. The average molecular weight is 474 g/mol. The Balaban J connectivity index is 1.92. The first kappa shape index (κ1) is 23.0. The number of nitrogens with zero attached hydrogens (tertiary/aromatic N) is 4. The number of nitrogens with one attached hydrogen (secondary N) is 2. The molecule has 2 atom stereocenters. The standard InChI is InChI=1S/C16H13F3N6O6S/c1-6(20-10(5-26)21-15(27)28)32-14-11(22-31-24-14)13-23-30-16(29)25(13)7-2-3-9(17)8(4-7)12(18)19/h2-6,10,12,20-21H,1H3,(H,27,28). The van der Waals surface area contributed by atoms with Crippen LogP contribution in [-0.2, 0) is 4.79 Å². The predicted octanol–water partition coefficient (Wildman–Crippen LogP) is 1.77. The summed E-state index contributed by atoms with van der Waals surface area (Å²) in [7, 11) is 0. The maximum absolute atomic E-state index is 13.6. The second-order valence-corrected chi connectivity index (χ2v) is 7.35. The highest BCUT2D eigenvalue weighted by atomic mass is 32.2. The summed E-state index contributed by atoms with van der Waals surface area (Å²) < 4.78 is 49.8. The molecule has 0 spiro atoms. The van der Waals surface area contributed by atoms with Crippen molar-refractivity contribution in [3.05, 3.63) is 40.1 Å². The van der Waals surface area contributed by atoms with E-state index >= 15 is 0 Å². The van der Waals surface area contributed by atoms with E-state index in [1.807, 2.05) is 5.32 Å². The SMILES string of the molecule is CC(NC(C=O)NC(=O)O)Sc1nonc1-c1noc(=O)n1-c1ccc(F)c(C(F)F)c1. The van der Waals surface area contributed by atoms with E-state index in [2.05, 4.69) is 29.9 Å². The van der Waals surface area contributed by atoms with Gasteiger partial charge in [-0.2, -0.15) is 0 Å². The summed E-state index contributed by atoms with van der Waals surface area (Å²) in [6.07, 6.45) is -5.46. The van der Waals surface area contributed by atoms with Gasteiger partial charge >= 0.3 is 11.8 Å². The van der Waals surface area contributed by atoms with E-state index in [1.54, 1.807) is 6.92 Å². The average Bonchev–Trinajstić information content (AvgIpc) is 3.33. The minimum atomic E-state index is -3.13. The third-order valence-corrected chi connectivity index (χ3v) is 4.85. The molecule has 170 valence electrons. The number of halogens is 3. The Bertz CT molecular complexity index is 1180. The van der Waals surface area contributed by atoms with Crippen molar-refractivity contribution in [2.75, 3.05) is 0 Å². The molecule has 1 amide bonds. The molecule has 0 saturated heterocycles. The van der Waals surface area contributed by atoms with Crippen LogP contribution in [0.5, 0.6) is 0 Å². The van der Waals surface area contributed by atoms with E-state index in [4.69, 9.17) is 5.11 Å². The van der Waals surface area contributed by atoms with Crippen LogP contribution in [0.2, 0.25) is 0 Å². The van der Waals surface area contributed by atoms with Gasteiger partial charge in [0.15, 0.2) is 17.0 Å². The first-order valence-electron chi connectivity index (χ1n) is 8.58. The van der Waals surface area contributed by atoms with Crippen molar-refractivity contribution in [1.82, 2.24) is 30.7 Å². The van der Waals surface area contributed by atoms with Crippen LogP contribution in [0.3, 0.4) is 0 Å². The van der Waals surface area contributed by atoms with Gasteiger partial charge in [0.25, 0.3) is 6.43 Å². The van der Waals surface area contributed by atoms with Crippen molar-refractivity contribution >= 4 is 24.1 Å². The number of thioether (sulfide) groups is 1. The fourth-order valence-corrected chi connectivity index (χ4v) is 3.43. The highest BCUT2D eigenvalue weighted by Gasteiger charge is 2.26. The topological polar surface area (TPSA) is 165 Å². The van der Waals surface area contributed by atoms with E-state index in [1.165, 1.54) is 0 Å². The number of aldehydes is 1. The number of carbonyl (C=O) groups is 2. The first-order chi connectivity index (χ1) is 15.2. The zero-order valence-corrected chi connectivity index (χ0v) is 16.7. The molecule has 12 nitrogen and oxygen atoms in total. The van der Waals surface area contributed by atoms with Crippen molar-refractivity contribution < 1.29 is 37.0 Å². The molecule has 3 rings (SSSR count). The first-order valence-corrected chi connectivity index (χ1v) is 9.46. The number of benzene rings is 1. The molecule has 0 bridgehead atoms. The van der Waals surface area contributed by atoms with E-state index < -0.39 is 41.2 Å². The number of amides is 1. The highest BCUT2D eigenvalue weighted by molar-refractivity contribution is 7.99. The van der Waals surface area contributed by atoms with Gasteiger partial charge in [0.1, 0.15) is 12.0 Å². The smallest absolute Gasteiger partial charge is 0.446 e. The molecule has 16 heteroatoms. The third kappa shape index (κ3) is 4.97. The highest BCUT2D eigenvalue weighted by Crippen LogP contribution is 2.31. The van der Waals surface area contributed by atoms with E-state index in [9.17, 15) is 27.6 Å². The van der Waals surface area contributed by atoms with Crippen molar-refractivity contribution in [3.8, 4) is 17.2 Å². The van der Waals surface area contributed by atoms with Crippen molar-refractivity contribution in [1.29, 1.82) is 0 Å². The van der Waals surface area contributed by atoms with Crippen LogP contribution in [0.25, 0.3) is 17.2 Å². The largest absolute Gasteiger partial charge is 0.465 e. The molecule has 2 aromatic heterocycles. The number of aromatic nitrogens is 4. The van der Waals surface area contributed by atoms with Crippen LogP contribution in [0, 0.1) is 5.82 Å². The van der Waals surface area contributed by atoms with Crippen LogP contribution in [-0.4, -0.2) is 49.1 Å². The Morgan fingerprint density at radius 1 is 1.31 bits per heavy atom. The molecule has 1 aromatic carbocycles. The molecular formula is C16H13F3N6O6S. The van der Waals surface area contributed by atoms with Gasteiger partial charge in [0.2, 0.25) is 5.82 Å². The summed E-state index contributed by atoms with van der Waals surface area (Å²) in [5.74, 6) is -2.49. The number of hydrogen-bond acceptors (Lipinski definition) is 10. The lowest BCUT2D eigenvalue weighted by Crippen LogP contribution is -2.48. The molecule has 3 N–H and O–H groups in total. The Morgan fingerprint density at radius 3 is 2.72 bits per heavy atom. The van der Waals surface area contributed by atoms with Gasteiger partial charge in [-0.25, -0.2) is 32.0 Å². The van der Waals surface area contributed by atoms with E-state index in [0.29, 0.717) is 6.29 Å². The molecule has 32 heavy (non-hydrogen) atoms. The second kappa shape index (κ2) is 9.65. The molecule has 0 saturated carbocycles. The van der Waals surface area contributed by atoms with Crippen LogP contribution in [0.15, 0.2) is 37.2 Å². The Morgan fingerprint density at radius 2 is 2.06 bits per heavy atom. The molecule has 2 unspecified atom stereocenters. The van der Waals surface area contributed by atoms with Crippen molar-refractivity contribution in [3.63, 3.8) is 0 Å². The molecular weight excluding hydrogens is 461 g/mol. The predicted molar refractivity (Wildman–Crippen MR) is 99.8 cm³/mol. The lowest BCUT2D eigenvalue weighted by Gasteiger charge is -2.17. The van der Waals surface area contributed by atoms with Gasteiger partial charge in [0.05, 0.1) is 16.6 Å². The Labute approximate surface area is 179 Å². The summed E-state index contributed by atoms with van der Waals surface area (Å²) in [4.78, 5) is 33.9. The van der Waals surface area contributed by atoms with Gasteiger partial charge < -0.3 is 5.11 Å². The summed E-state index contributed by atoms with van der Waals surface area (Å²) >= 11 is 0.919. The minimum Gasteiger partial charge on any atom is -0.465 e. The van der Waals surface area contributed by atoms with E-state index in [0.717, 1.165) is 34.5 Å². The summed E-state index contributed by atoms with van der Waals surface area (Å²) in [5, 5.41) is 23.6. The van der Waals surface area contributed by atoms with Crippen molar-refractivity contribution in [2.45, 2.75) is 29.9 Å². The van der Waals surface area contributed by atoms with Crippen LogP contribution < -0.4 is 16.4 Å². The molecule has 0 aliphatic rings. The Hall–Kier alpha value is -3.66. The number of hydrogen-bond donors (Lipinski definition) is 3. The summed E-state index contributed by atoms with van der Waals surface area (Å²) in [6, 6.07) is 2.59. The zero-order valence-electron chi connectivity index (χ0n) is 15.9. The molecule has 0 aliphatic heterocycles. The lowest BCUT2D eigenvalue weighted by atomic mass is 10.2. The van der Waals surface area contributed by atoms with Gasteiger partial charge in [0, 0.05) is 0 Å². The Kier molecular flexibility index (Phi) is 6.94. The van der Waals surface area contributed by atoms with Crippen LogP contribution >= 0.6 is 11.8 Å². The molecule has 0 aliphatic carbocycles. The third-order valence-electron chi connectivity index (χ3n) is 3.87. The zero-order chi connectivity index (χ0) is 23.4. The van der Waals surface area contributed by atoms with Crippen LogP contribution in [0.1, 0.15) is 18.9 Å². The van der Waals surface area contributed by atoms with Crippen molar-refractivity contribution in [2.24, 2.45) is 0 Å². The minimum absolute atomic E-state index is 0.0446. The second-order valence-electron chi connectivity index (χ2n) is 6.02. The fraction of sp³-hybridized carbons (Fsp3) is 0.250. The van der Waals surface area contributed by atoms with Gasteiger partial charge in [-0.1, -0.05) is 16.9 Å². The normalized spacial score (nSPS) is 13.2. The molecule has 0 fully saturated rings. The van der Waals surface area contributed by atoms with Crippen LogP contribution in [0.4, 0.5) is 18.0 Å². The monoisotopic (exact) mass is 474 g/mol. The number of carboxylic acid groups (broad SMARTS) is 1. The lowest BCUT2D eigenvalue weighted by molar-refractivity contribution is -0.110. The van der Waals surface area contributed by atoms with Gasteiger partial charge in [-0.15, -0.1) is 0 Å². The maximum Gasteiger partial charge on any atom is 0.446 e. The van der Waals surface area contributed by atoms with Gasteiger partial charge in [-0.05, 0) is 35.4 Å². The molecule has 3 aromatic rings. The molecule has 2 heterocycles. The van der Waals surface area contributed by atoms with Gasteiger partial charge in [-0.3, -0.25) is 20.0 Å².